The number of primary amides is 1. The zero-order valence-electron chi connectivity index (χ0n) is 10.5. The number of amides is 2. The summed E-state index contributed by atoms with van der Waals surface area (Å²) < 4.78 is 0. The molecule has 0 aromatic carbocycles. The van der Waals surface area contributed by atoms with Crippen LogP contribution in [-0.4, -0.2) is 28.9 Å². The van der Waals surface area contributed by atoms with Gasteiger partial charge in [-0.05, 0) is 25.2 Å². The highest BCUT2D eigenvalue weighted by Crippen LogP contribution is 2.31. The molecule has 2 unspecified atom stereocenters. The molecule has 0 aromatic heterocycles. The number of carbonyl (C=O) groups is 3. The number of carboxylic acid groups (broad SMARTS) is 1. The van der Waals surface area contributed by atoms with Crippen molar-refractivity contribution in [3.8, 4) is 0 Å². The normalized spacial score (nSPS) is 24.5. The summed E-state index contributed by atoms with van der Waals surface area (Å²) in [5.41, 5.74) is 4.97. The van der Waals surface area contributed by atoms with Crippen molar-refractivity contribution in [3.63, 3.8) is 0 Å². The highest BCUT2D eigenvalue weighted by atomic mass is 16.4. The van der Waals surface area contributed by atoms with Crippen molar-refractivity contribution < 1.29 is 19.5 Å². The third kappa shape index (κ3) is 4.01. The van der Waals surface area contributed by atoms with Gasteiger partial charge in [-0.25, -0.2) is 4.79 Å². The second kappa shape index (κ2) is 6.37. The third-order valence-corrected chi connectivity index (χ3v) is 3.49. The molecule has 4 N–H and O–H groups in total. The third-order valence-electron chi connectivity index (χ3n) is 3.49. The molecule has 1 aliphatic rings. The quantitative estimate of drug-likeness (QED) is 0.633. The minimum atomic E-state index is -1.13. The van der Waals surface area contributed by atoms with Gasteiger partial charge in [0.25, 0.3) is 0 Å². The van der Waals surface area contributed by atoms with E-state index in [2.05, 4.69) is 5.32 Å². The molecule has 102 valence electrons. The van der Waals surface area contributed by atoms with Crippen LogP contribution in [0.5, 0.6) is 0 Å². The summed E-state index contributed by atoms with van der Waals surface area (Å²) in [7, 11) is 0. The molecule has 6 nitrogen and oxygen atoms in total. The number of nitrogens with one attached hydrogen (secondary N) is 1. The van der Waals surface area contributed by atoms with Gasteiger partial charge in [-0.2, -0.15) is 0 Å². The highest BCUT2D eigenvalue weighted by Gasteiger charge is 2.32. The SMILES string of the molecule is CC1CCCC1C(=O)N[C@@H](CCC(N)=O)C(=O)O. The van der Waals surface area contributed by atoms with Crippen molar-refractivity contribution >= 4 is 17.8 Å². The second-order valence-electron chi connectivity index (χ2n) is 4.92. The lowest BCUT2D eigenvalue weighted by atomic mass is 9.96. The van der Waals surface area contributed by atoms with Gasteiger partial charge in [0, 0.05) is 12.3 Å². The molecule has 0 aromatic rings. The van der Waals surface area contributed by atoms with Crippen molar-refractivity contribution in [3.05, 3.63) is 0 Å². The highest BCUT2D eigenvalue weighted by molar-refractivity contribution is 5.85. The van der Waals surface area contributed by atoms with E-state index in [1.165, 1.54) is 0 Å². The van der Waals surface area contributed by atoms with Crippen molar-refractivity contribution in [1.29, 1.82) is 0 Å². The second-order valence-corrected chi connectivity index (χ2v) is 4.92. The molecule has 0 bridgehead atoms. The molecule has 0 saturated heterocycles. The summed E-state index contributed by atoms with van der Waals surface area (Å²) in [5.74, 6) is -1.74. The van der Waals surface area contributed by atoms with Crippen LogP contribution in [0.25, 0.3) is 0 Å². The fourth-order valence-corrected chi connectivity index (χ4v) is 2.36. The van der Waals surface area contributed by atoms with Gasteiger partial charge in [0.2, 0.25) is 11.8 Å². The van der Waals surface area contributed by atoms with Gasteiger partial charge in [0.15, 0.2) is 0 Å². The molecule has 18 heavy (non-hydrogen) atoms. The molecule has 0 spiro atoms. The van der Waals surface area contributed by atoms with Crippen molar-refractivity contribution in [2.75, 3.05) is 0 Å². The maximum atomic E-state index is 11.9. The van der Waals surface area contributed by atoms with E-state index < -0.39 is 17.9 Å². The predicted octanol–water partition coefficient (Wildman–Crippen LogP) is 0.258. The molecule has 0 heterocycles. The Bertz CT molecular complexity index is 343. The Balaban J connectivity index is 2.52. The average Bonchev–Trinajstić information content (AvgIpc) is 2.69. The molecule has 0 aliphatic heterocycles. The van der Waals surface area contributed by atoms with Crippen LogP contribution >= 0.6 is 0 Å². The molecule has 6 heteroatoms. The number of aliphatic carboxylic acids is 1. The fourth-order valence-electron chi connectivity index (χ4n) is 2.36. The molecule has 1 saturated carbocycles. The number of hydrogen-bond donors (Lipinski definition) is 3. The molecule has 3 atom stereocenters. The van der Waals surface area contributed by atoms with Gasteiger partial charge in [-0.15, -0.1) is 0 Å². The van der Waals surface area contributed by atoms with Gasteiger partial charge in [-0.3, -0.25) is 9.59 Å². The van der Waals surface area contributed by atoms with E-state index in [1.54, 1.807) is 0 Å². The average molecular weight is 256 g/mol. The summed E-state index contributed by atoms with van der Waals surface area (Å²) >= 11 is 0. The van der Waals surface area contributed by atoms with Gasteiger partial charge in [-0.1, -0.05) is 13.3 Å². The standard InChI is InChI=1S/C12H20N2O4/c1-7-3-2-4-8(7)11(16)14-9(12(17)18)5-6-10(13)15/h7-9H,2-6H2,1H3,(H2,13,15)(H,14,16)(H,17,18)/t7?,8?,9-/m0/s1. The van der Waals surface area contributed by atoms with Crippen molar-refractivity contribution in [2.45, 2.75) is 45.1 Å². The Morgan fingerprint density at radius 3 is 2.50 bits per heavy atom. The minimum Gasteiger partial charge on any atom is -0.480 e. The lowest BCUT2D eigenvalue weighted by Gasteiger charge is -2.19. The zero-order chi connectivity index (χ0) is 13.7. The van der Waals surface area contributed by atoms with Gasteiger partial charge < -0.3 is 16.2 Å². The maximum Gasteiger partial charge on any atom is 0.326 e. The molecule has 1 aliphatic carbocycles. The van der Waals surface area contributed by atoms with E-state index in [0.29, 0.717) is 0 Å². The van der Waals surface area contributed by atoms with Gasteiger partial charge >= 0.3 is 5.97 Å². The summed E-state index contributed by atoms with van der Waals surface area (Å²) in [6.07, 6.45) is 2.79. The summed E-state index contributed by atoms with van der Waals surface area (Å²) in [6, 6.07) is -1.03. The van der Waals surface area contributed by atoms with Crippen LogP contribution in [0.15, 0.2) is 0 Å². The number of hydrogen-bond acceptors (Lipinski definition) is 3. The number of nitrogens with two attached hydrogens (primary N) is 1. The first-order valence-corrected chi connectivity index (χ1v) is 6.23. The lowest BCUT2D eigenvalue weighted by molar-refractivity contribution is -0.143. The first-order valence-electron chi connectivity index (χ1n) is 6.23. The topological polar surface area (TPSA) is 109 Å². The largest absolute Gasteiger partial charge is 0.480 e. The smallest absolute Gasteiger partial charge is 0.326 e. The molecule has 0 radical (unpaired) electrons. The number of rotatable bonds is 6. The molecular formula is C12H20N2O4. The van der Waals surface area contributed by atoms with E-state index in [4.69, 9.17) is 10.8 Å². The Kier molecular flexibility index (Phi) is 5.12. The van der Waals surface area contributed by atoms with Crippen LogP contribution in [-0.2, 0) is 14.4 Å². The van der Waals surface area contributed by atoms with Crippen molar-refractivity contribution in [1.82, 2.24) is 5.32 Å². The Morgan fingerprint density at radius 2 is 2.06 bits per heavy atom. The summed E-state index contributed by atoms with van der Waals surface area (Å²) in [6.45, 7) is 2.00. The Hall–Kier alpha value is -1.59. The molecular weight excluding hydrogens is 236 g/mol. The Morgan fingerprint density at radius 1 is 1.39 bits per heavy atom. The van der Waals surface area contributed by atoms with Crippen LogP contribution in [0.1, 0.15) is 39.0 Å². The maximum absolute atomic E-state index is 11.9. The predicted molar refractivity (Wildman–Crippen MR) is 64.5 cm³/mol. The fraction of sp³-hybridized carbons (Fsp3) is 0.750. The first-order chi connectivity index (χ1) is 8.41. The van der Waals surface area contributed by atoms with Crippen molar-refractivity contribution in [2.24, 2.45) is 17.6 Å². The summed E-state index contributed by atoms with van der Waals surface area (Å²) in [4.78, 5) is 33.5. The van der Waals surface area contributed by atoms with Crippen LogP contribution in [0.4, 0.5) is 0 Å². The Labute approximate surface area is 106 Å². The summed E-state index contributed by atoms with van der Waals surface area (Å²) in [5, 5.41) is 11.5. The van der Waals surface area contributed by atoms with E-state index >= 15 is 0 Å². The van der Waals surface area contributed by atoms with Crippen LogP contribution in [0, 0.1) is 11.8 Å². The van der Waals surface area contributed by atoms with E-state index in [-0.39, 0.29) is 30.6 Å². The van der Waals surface area contributed by atoms with E-state index in [1.807, 2.05) is 6.92 Å². The molecule has 1 fully saturated rings. The van der Waals surface area contributed by atoms with Crippen LogP contribution in [0.2, 0.25) is 0 Å². The first kappa shape index (κ1) is 14.5. The van der Waals surface area contributed by atoms with Crippen LogP contribution in [0.3, 0.4) is 0 Å². The van der Waals surface area contributed by atoms with Crippen LogP contribution < -0.4 is 11.1 Å². The monoisotopic (exact) mass is 256 g/mol. The van der Waals surface area contributed by atoms with E-state index in [9.17, 15) is 14.4 Å². The van der Waals surface area contributed by atoms with E-state index in [0.717, 1.165) is 19.3 Å². The van der Waals surface area contributed by atoms with Gasteiger partial charge in [0.1, 0.15) is 6.04 Å². The molecule has 1 rings (SSSR count). The number of carbonyl (C=O) groups excluding carboxylic acids is 2. The van der Waals surface area contributed by atoms with Gasteiger partial charge in [0.05, 0.1) is 0 Å². The lowest BCUT2D eigenvalue weighted by Crippen LogP contribution is -2.44. The zero-order valence-corrected chi connectivity index (χ0v) is 10.5. The minimum absolute atomic E-state index is 0.0392. The number of carboxylic acids is 1. The molecule has 2 amide bonds.